The smallest absolute Gasteiger partial charge is 0.0533 e. The standard InChI is InChI=1S/C12H26.2CH4.HNO/c1-3-5-7-9-11-12-10-8-6-4-2;;;1-2/h3-12H2,1-2H3;2*1H4;1H. The minimum atomic E-state index is 0. The van der Waals surface area contributed by atoms with Crippen LogP contribution in [-0.2, 0) is 0 Å². The van der Waals surface area contributed by atoms with Gasteiger partial charge in [0.15, 0.2) is 0 Å². The van der Waals surface area contributed by atoms with Crippen LogP contribution in [0.3, 0.4) is 0 Å². The van der Waals surface area contributed by atoms with Crippen molar-refractivity contribution < 1.29 is 0 Å². The maximum Gasteiger partial charge on any atom is -0.0533 e. The van der Waals surface area contributed by atoms with Gasteiger partial charge in [0, 0.05) is 0 Å². The van der Waals surface area contributed by atoms with Gasteiger partial charge in [0.2, 0.25) is 0 Å². The first kappa shape index (κ1) is 24.7. The summed E-state index contributed by atoms with van der Waals surface area (Å²) in [6, 6.07) is 0. The number of hydrogen-bond donors (Lipinski definition) is 1. The lowest BCUT2D eigenvalue weighted by atomic mass is 10.1. The van der Waals surface area contributed by atoms with Gasteiger partial charge in [-0.05, 0) is 0 Å². The van der Waals surface area contributed by atoms with E-state index < -0.39 is 0 Å². The molecule has 0 spiro atoms. The van der Waals surface area contributed by atoms with E-state index in [1.165, 1.54) is 64.2 Å². The largest absolute Gasteiger partial charge is 0.154 e. The van der Waals surface area contributed by atoms with E-state index in [0.717, 1.165) is 0 Å². The molecule has 0 radical (unpaired) electrons. The molecule has 102 valence electrons. The number of hydrogen-bond acceptors (Lipinski definition) is 2. The molecule has 0 heterocycles. The van der Waals surface area contributed by atoms with Gasteiger partial charge in [0.1, 0.15) is 0 Å². The molecule has 0 saturated carbocycles. The maximum absolute atomic E-state index is 7.50. The molecule has 0 saturated heterocycles. The summed E-state index contributed by atoms with van der Waals surface area (Å²) in [5, 5.41) is 0. The van der Waals surface area contributed by atoms with Crippen molar-refractivity contribution in [2.75, 3.05) is 0 Å². The van der Waals surface area contributed by atoms with E-state index in [1.807, 2.05) is 0 Å². The SMILES string of the molecule is C.C.CCCCCCCCCCCC.N=O. The minimum Gasteiger partial charge on any atom is -0.154 e. The van der Waals surface area contributed by atoms with Crippen molar-refractivity contribution in [2.24, 2.45) is 0 Å². The summed E-state index contributed by atoms with van der Waals surface area (Å²) in [5.74, 6) is 0. The zero-order chi connectivity index (χ0) is 11.1. The van der Waals surface area contributed by atoms with Crippen LogP contribution in [0.2, 0.25) is 0 Å². The average molecular weight is 233 g/mol. The highest BCUT2D eigenvalue weighted by atomic mass is 16.2. The van der Waals surface area contributed by atoms with E-state index in [2.05, 4.69) is 19.4 Å². The predicted octanol–water partition coefficient (Wildman–Crippen LogP) is 6.53. The molecule has 2 heteroatoms. The zero-order valence-corrected chi connectivity index (χ0v) is 9.98. The van der Waals surface area contributed by atoms with Crippen LogP contribution in [0.5, 0.6) is 0 Å². The summed E-state index contributed by atoms with van der Waals surface area (Å²) in [5.41, 5.74) is 4.50. The first-order valence-corrected chi connectivity index (χ1v) is 6.12. The Morgan fingerprint density at radius 1 is 0.562 bits per heavy atom. The summed E-state index contributed by atoms with van der Waals surface area (Å²) < 4.78 is 0. The summed E-state index contributed by atoms with van der Waals surface area (Å²) >= 11 is 0. The van der Waals surface area contributed by atoms with Gasteiger partial charge in [0.05, 0.1) is 0 Å². The van der Waals surface area contributed by atoms with E-state index in [-0.39, 0.29) is 14.9 Å². The van der Waals surface area contributed by atoms with E-state index >= 15 is 0 Å². The Kier molecular flexibility index (Phi) is 45.3. The van der Waals surface area contributed by atoms with Gasteiger partial charge in [-0.25, -0.2) is 0 Å². The summed E-state index contributed by atoms with van der Waals surface area (Å²) in [6.45, 7) is 4.56. The molecule has 0 rings (SSSR count). The second kappa shape index (κ2) is 29.3. The highest BCUT2D eigenvalue weighted by Crippen LogP contribution is 2.09. The van der Waals surface area contributed by atoms with E-state index in [0.29, 0.717) is 0 Å². The normalized spacial score (nSPS) is 8.12. The van der Waals surface area contributed by atoms with Crippen LogP contribution in [0.25, 0.3) is 0 Å². The molecule has 0 amide bonds. The van der Waals surface area contributed by atoms with Gasteiger partial charge in [-0.2, -0.15) is 4.91 Å². The quantitative estimate of drug-likeness (QED) is 0.357. The fraction of sp³-hybridized carbons (Fsp3) is 1.00. The lowest BCUT2D eigenvalue weighted by Crippen LogP contribution is -1.80. The van der Waals surface area contributed by atoms with Gasteiger partial charge in [0.25, 0.3) is 0 Å². The Morgan fingerprint density at radius 3 is 0.938 bits per heavy atom. The Morgan fingerprint density at radius 2 is 0.750 bits per heavy atom. The molecular weight excluding hydrogens is 198 g/mol. The minimum absolute atomic E-state index is 0. The fourth-order valence-electron chi connectivity index (χ4n) is 1.56. The third kappa shape index (κ3) is 29.2. The average Bonchev–Trinajstić information content (AvgIpc) is 2.25. The lowest BCUT2D eigenvalue weighted by Gasteiger charge is -1.99. The summed E-state index contributed by atoms with van der Waals surface area (Å²) in [7, 11) is 0. The summed E-state index contributed by atoms with van der Waals surface area (Å²) in [4.78, 5) is 7.50. The fourth-order valence-corrected chi connectivity index (χ4v) is 1.56. The predicted molar refractivity (Wildman–Crippen MR) is 77.1 cm³/mol. The number of nitroso groups, excluding NO2 is 1. The second-order valence-electron chi connectivity index (χ2n) is 3.83. The Balaban J connectivity index is -0.000000169. The molecule has 0 aromatic carbocycles. The third-order valence-electron chi connectivity index (χ3n) is 2.46. The molecule has 0 aliphatic heterocycles. The molecule has 0 unspecified atom stereocenters. The van der Waals surface area contributed by atoms with Crippen molar-refractivity contribution in [3.8, 4) is 0 Å². The van der Waals surface area contributed by atoms with Gasteiger partial charge in [-0.1, -0.05) is 98.5 Å². The summed E-state index contributed by atoms with van der Waals surface area (Å²) in [6.07, 6.45) is 14.4. The zero-order valence-electron chi connectivity index (χ0n) is 9.98. The number of nitrogens with one attached hydrogen (secondary N) is 1. The molecule has 0 atom stereocenters. The van der Waals surface area contributed by atoms with Crippen LogP contribution in [0.4, 0.5) is 0 Å². The monoisotopic (exact) mass is 233 g/mol. The molecule has 0 aromatic rings. The molecule has 0 bridgehead atoms. The third-order valence-corrected chi connectivity index (χ3v) is 2.46. The van der Waals surface area contributed by atoms with Crippen molar-refractivity contribution in [2.45, 2.75) is 92.9 Å². The van der Waals surface area contributed by atoms with Crippen molar-refractivity contribution in [3.05, 3.63) is 4.91 Å². The van der Waals surface area contributed by atoms with Crippen molar-refractivity contribution in [1.29, 1.82) is 5.59 Å². The molecule has 16 heavy (non-hydrogen) atoms. The van der Waals surface area contributed by atoms with Crippen molar-refractivity contribution in [1.82, 2.24) is 0 Å². The van der Waals surface area contributed by atoms with Crippen LogP contribution in [0, 0.1) is 10.5 Å². The highest BCUT2D eigenvalue weighted by Gasteiger charge is 1.90. The molecule has 1 N–H and O–H groups in total. The topological polar surface area (TPSA) is 40.9 Å². The van der Waals surface area contributed by atoms with E-state index in [1.54, 1.807) is 0 Å². The molecular formula is C14H35NO. The number of rotatable bonds is 9. The van der Waals surface area contributed by atoms with E-state index in [4.69, 9.17) is 4.91 Å². The molecule has 0 aromatic heterocycles. The van der Waals surface area contributed by atoms with Gasteiger partial charge < -0.3 is 0 Å². The Labute approximate surface area is 104 Å². The van der Waals surface area contributed by atoms with Gasteiger partial charge in [-0.15, -0.1) is 0 Å². The maximum atomic E-state index is 7.50. The Hall–Kier alpha value is -0.400. The highest BCUT2D eigenvalue weighted by molar-refractivity contribution is 4.45. The van der Waals surface area contributed by atoms with Gasteiger partial charge in [-0.3, -0.25) is 0 Å². The van der Waals surface area contributed by atoms with Crippen LogP contribution in [0.1, 0.15) is 92.9 Å². The van der Waals surface area contributed by atoms with Gasteiger partial charge >= 0.3 is 0 Å². The molecule has 0 fully saturated rings. The van der Waals surface area contributed by atoms with Crippen LogP contribution in [-0.4, -0.2) is 0 Å². The molecule has 0 aliphatic carbocycles. The Bertz CT molecular complexity index is 76.8. The molecule has 2 nitrogen and oxygen atoms in total. The number of unbranched alkanes of at least 4 members (excludes halogenated alkanes) is 9. The van der Waals surface area contributed by atoms with Crippen LogP contribution in [0.15, 0.2) is 0 Å². The second-order valence-corrected chi connectivity index (χ2v) is 3.83. The van der Waals surface area contributed by atoms with E-state index in [9.17, 15) is 0 Å². The molecule has 0 aliphatic rings. The van der Waals surface area contributed by atoms with Crippen LogP contribution < -0.4 is 0 Å². The first-order chi connectivity index (χ1) is 6.91. The lowest BCUT2D eigenvalue weighted by molar-refractivity contribution is 0.562. The first-order valence-electron chi connectivity index (χ1n) is 6.12. The van der Waals surface area contributed by atoms with Crippen molar-refractivity contribution >= 4 is 0 Å². The van der Waals surface area contributed by atoms with Crippen LogP contribution >= 0.6 is 0 Å². The van der Waals surface area contributed by atoms with Crippen molar-refractivity contribution in [3.63, 3.8) is 0 Å².